The summed E-state index contributed by atoms with van der Waals surface area (Å²) in [6.07, 6.45) is 0. The number of para-hydroxylation sites is 2. The van der Waals surface area contributed by atoms with Crippen molar-refractivity contribution in [2.45, 2.75) is 6.92 Å². The second-order valence-corrected chi connectivity index (χ2v) is 4.45. The van der Waals surface area contributed by atoms with Crippen molar-refractivity contribution in [3.63, 3.8) is 0 Å². The van der Waals surface area contributed by atoms with Gasteiger partial charge in [-0.1, -0.05) is 24.3 Å². The molecule has 0 aliphatic carbocycles. The predicted octanol–water partition coefficient (Wildman–Crippen LogP) is 3.25. The van der Waals surface area contributed by atoms with E-state index >= 15 is 0 Å². The molecule has 0 aliphatic heterocycles. The summed E-state index contributed by atoms with van der Waals surface area (Å²) in [6, 6.07) is 13.3. The Hall–Kier alpha value is -2.29. The zero-order valence-corrected chi connectivity index (χ0v) is 10.4. The van der Waals surface area contributed by atoms with Gasteiger partial charge >= 0.3 is 0 Å². The molecule has 90 valence electrons. The molecule has 1 N–H and O–H groups in total. The van der Waals surface area contributed by atoms with Crippen LogP contribution in [0.15, 0.2) is 42.5 Å². The van der Waals surface area contributed by atoms with E-state index in [0.29, 0.717) is 0 Å². The molecule has 1 heterocycles. The highest BCUT2D eigenvalue weighted by molar-refractivity contribution is 5.84. The highest BCUT2D eigenvalue weighted by atomic mass is 16.3. The standard InChI is InChI=1S/C15H14N2O/c1-10-6-5-8-12-14(10)17(2)15(16-12)11-7-3-4-9-13(11)18/h3-9,18H,1-2H3. The van der Waals surface area contributed by atoms with Gasteiger partial charge in [0.25, 0.3) is 0 Å². The molecule has 0 aliphatic rings. The third-order valence-electron chi connectivity index (χ3n) is 3.24. The summed E-state index contributed by atoms with van der Waals surface area (Å²) in [5.41, 5.74) is 4.01. The van der Waals surface area contributed by atoms with Gasteiger partial charge in [-0.25, -0.2) is 4.98 Å². The maximum Gasteiger partial charge on any atom is 0.144 e. The van der Waals surface area contributed by atoms with Crippen LogP contribution in [0.1, 0.15) is 5.56 Å². The molecule has 3 nitrogen and oxygen atoms in total. The Kier molecular flexibility index (Phi) is 2.33. The molecule has 1 aromatic heterocycles. The third kappa shape index (κ3) is 1.48. The Balaban J connectivity index is 2.35. The van der Waals surface area contributed by atoms with Gasteiger partial charge in [0.2, 0.25) is 0 Å². The first kappa shape index (κ1) is 10.8. The number of hydrogen-bond donors (Lipinski definition) is 1. The number of hydrogen-bond acceptors (Lipinski definition) is 2. The summed E-state index contributed by atoms with van der Waals surface area (Å²) in [7, 11) is 1.98. The lowest BCUT2D eigenvalue weighted by Crippen LogP contribution is -1.93. The van der Waals surface area contributed by atoms with Crippen LogP contribution in [0, 0.1) is 6.92 Å². The molecule has 3 heteroatoms. The zero-order valence-electron chi connectivity index (χ0n) is 10.4. The van der Waals surface area contributed by atoms with E-state index in [1.54, 1.807) is 6.07 Å². The molecule has 18 heavy (non-hydrogen) atoms. The SMILES string of the molecule is Cc1cccc2nc(-c3ccccc3O)n(C)c12. The molecule has 0 radical (unpaired) electrons. The minimum absolute atomic E-state index is 0.258. The number of phenolic OH excluding ortho intramolecular Hbond substituents is 1. The fraction of sp³-hybridized carbons (Fsp3) is 0.133. The summed E-state index contributed by atoms with van der Waals surface area (Å²) in [6.45, 7) is 2.07. The van der Waals surface area contributed by atoms with Crippen molar-refractivity contribution in [1.29, 1.82) is 0 Å². The van der Waals surface area contributed by atoms with Gasteiger partial charge in [-0.15, -0.1) is 0 Å². The highest BCUT2D eigenvalue weighted by Crippen LogP contribution is 2.30. The molecular formula is C15H14N2O. The fourth-order valence-corrected chi connectivity index (χ4v) is 2.37. The maximum absolute atomic E-state index is 9.93. The molecule has 0 saturated carbocycles. The van der Waals surface area contributed by atoms with Crippen LogP contribution in [0.2, 0.25) is 0 Å². The van der Waals surface area contributed by atoms with Gasteiger partial charge in [0.15, 0.2) is 0 Å². The number of aromatic nitrogens is 2. The quantitative estimate of drug-likeness (QED) is 0.706. The van der Waals surface area contributed by atoms with Crippen molar-refractivity contribution in [2.24, 2.45) is 7.05 Å². The average molecular weight is 238 g/mol. The Morgan fingerprint density at radius 3 is 2.56 bits per heavy atom. The number of rotatable bonds is 1. The minimum atomic E-state index is 0.258. The second kappa shape index (κ2) is 3.88. The van der Waals surface area contributed by atoms with Crippen LogP contribution >= 0.6 is 0 Å². The Labute approximate surface area is 105 Å². The molecule has 0 bridgehead atoms. The summed E-state index contributed by atoms with van der Waals surface area (Å²) >= 11 is 0. The van der Waals surface area contributed by atoms with Crippen molar-refractivity contribution in [1.82, 2.24) is 9.55 Å². The summed E-state index contributed by atoms with van der Waals surface area (Å²) in [5.74, 6) is 1.05. The van der Waals surface area contributed by atoms with E-state index in [0.717, 1.165) is 22.4 Å². The summed E-state index contributed by atoms with van der Waals surface area (Å²) in [4.78, 5) is 4.61. The largest absolute Gasteiger partial charge is 0.507 e. The molecular weight excluding hydrogens is 224 g/mol. The third-order valence-corrected chi connectivity index (χ3v) is 3.24. The van der Waals surface area contributed by atoms with Crippen LogP contribution in [0.4, 0.5) is 0 Å². The van der Waals surface area contributed by atoms with Gasteiger partial charge in [-0.3, -0.25) is 0 Å². The van der Waals surface area contributed by atoms with Crippen molar-refractivity contribution in [3.05, 3.63) is 48.0 Å². The lowest BCUT2D eigenvalue weighted by Gasteiger charge is -2.05. The number of benzene rings is 2. The van der Waals surface area contributed by atoms with E-state index in [9.17, 15) is 5.11 Å². The van der Waals surface area contributed by atoms with E-state index < -0.39 is 0 Å². The van der Waals surface area contributed by atoms with Crippen LogP contribution in [0.25, 0.3) is 22.4 Å². The van der Waals surface area contributed by atoms with Crippen LogP contribution in [0.3, 0.4) is 0 Å². The highest BCUT2D eigenvalue weighted by Gasteiger charge is 2.13. The zero-order chi connectivity index (χ0) is 12.7. The first-order valence-electron chi connectivity index (χ1n) is 5.89. The summed E-state index contributed by atoms with van der Waals surface area (Å²) in [5, 5.41) is 9.93. The Bertz CT molecular complexity index is 728. The Morgan fingerprint density at radius 2 is 1.83 bits per heavy atom. The lowest BCUT2D eigenvalue weighted by molar-refractivity contribution is 0.476. The predicted molar refractivity (Wildman–Crippen MR) is 72.6 cm³/mol. The van der Waals surface area contributed by atoms with Crippen molar-refractivity contribution in [3.8, 4) is 17.1 Å². The molecule has 0 atom stereocenters. The smallest absolute Gasteiger partial charge is 0.144 e. The lowest BCUT2D eigenvalue weighted by atomic mass is 10.2. The Morgan fingerprint density at radius 1 is 1.06 bits per heavy atom. The van der Waals surface area contributed by atoms with Crippen molar-refractivity contribution >= 4 is 11.0 Å². The maximum atomic E-state index is 9.93. The van der Waals surface area contributed by atoms with Gasteiger partial charge < -0.3 is 9.67 Å². The molecule has 0 saturated heterocycles. The van der Waals surface area contributed by atoms with Gasteiger partial charge in [0.05, 0.1) is 16.6 Å². The van der Waals surface area contributed by atoms with Gasteiger partial charge in [0.1, 0.15) is 11.6 Å². The molecule has 0 fully saturated rings. The number of aryl methyl sites for hydroxylation is 2. The van der Waals surface area contributed by atoms with E-state index in [-0.39, 0.29) is 5.75 Å². The average Bonchev–Trinajstić information content (AvgIpc) is 2.69. The second-order valence-electron chi connectivity index (χ2n) is 4.45. The summed E-state index contributed by atoms with van der Waals surface area (Å²) < 4.78 is 2.03. The van der Waals surface area contributed by atoms with Crippen molar-refractivity contribution < 1.29 is 5.11 Å². The minimum Gasteiger partial charge on any atom is -0.507 e. The van der Waals surface area contributed by atoms with E-state index in [1.807, 2.05) is 41.9 Å². The van der Waals surface area contributed by atoms with Gasteiger partial charge in [-0.05, 0) is 30.7 Å². The van der Waals surface area contributed by atoms with Crippen LogP contribution in [-0.4, -0.2) is 14.7 Å². The molecule has 0 spiro atoms. The number of fused-ring (bicyclic) bond motifs is 1. The number of aromatic hydroxyl groups is 1. The van der Waals surface area contributed by atoms with E-state index in [4.69, 9.17) is 0 Å². The number of imidazole rings is 1. The van der Waals surface area contributed by atoms with Crippen molar-refractivity contribution in [2.75, 3.05) is 0 Å². The molecule has 0 unspecified atom stereocenters. The first-order chi connectivity index (χ1) is 8.68. The fourth-order valence-electron chi connectivity index (χ4n) is 2.37. The number of nitrogens with zero attached hydrogens (tertiary/aromatic N) is 2. The molecule has 3 aromatic rings. The van der Waals surface area contributed by atoms with Gasteiger partial charge in [0, 0.05) is 7.05 Å². The van der Waals surface area contributed by atoms with E-state index in [2.05, 4.69) is 18.0 Å². The van der Waals surface area contributed by atoms with E-state index in [1.165, 1.54) is 5.56 Å². The normalized spacial score (nSPS) is 11.0. The topological polar surface area (TPSA) is 38.1 Å². The van der Waals surface area contributed by atoms with Crippen LogP contribution in [-0.2, 0) is 7.05 Å². The molecule has 0 amide bonds. The number of phenols is 1. The molecule has 3 rings (SSSR count). The van der Waals surface area contributed by atoms with Crippen LogP contribution < -0.4 is 0 Å². The first-order valence-corrected chi connectivity index (χ1v) is 5.89. The van der Waals surface area contributed by atoms with Gasteiger partial charge in [-0.2, -0.15) is 0 Å². The molecule has 2 aromatic carbocycles. The van der Waals surface area contributed by atoms with Crippen LogP contribution in [0.5, 0.6) is 5.75 Å². The monoisotopic (exact) mass is 238 g/mol.